The van der Waals surface area contributed by atoms with Crippen LogP contribution >= 0.6 is 11.3 Å². The molecule has 0 unspecified atom stereocenters. The Hall–Kier alpha value is -2.49. The van der Waals surface area contributed by atoms with Crippen molar-refractivity contribution in [2.75, 3.05) is 16.8 Å². The van der Waals surface area contributed by atoms with Crippen molar-refractivity contribution in [2.45, 2.75) is 31.4 Å². The van der Waals surface area contributed by atoms with E-state index in [0.717, 1.165) is 30.0 Å². The number of nitrogens with one attached hydrogen (secondary N) is 1. The minimum atomic E-state index is -4.49. The third-order valence-electron chi connectivity index (χ3n) is 4.58. The zero-order chi connectivity index (χ0) is 19.2. The average Bonchev–Trinajstić information content (AvgIpc) is 3.24. The molecule has 2 aromatic rings. The highest BCUT2D eigenvalue weighted by molar-refractivity contribution is 7.15. The van der Waals surface area contributed by atoms with E-state index >= 15 is 0 Å². The van der Waals surface area contributed by atoms with Gasteiger partial charge < -0.3 is 10.2 Å². The Balaban J connectivity index is 1.44. The summed E-state index contributed by atoms with van der Waals surface area (Å²) in [5.74, 6) is -0.986. The highest BCUT2D eigenvalue weighted by atomic mass is 32.1. The summed E-state index contributed by atoms with van der Waals surface area (Å²) in [4.78, 5) is 25.9. The van der Waals surface area contributed by atoms with Gasteiger partial charge in [-0.05, 0) is 31.0 Å². The Morgan fingerprint density at radius 3 is 2.74 bits per heavy atom. The molecule has 10 heteroatoms. The van der Waals surface area contributed by atoms with Gasteiger partial charge in [0.1, 0.15) is 5.01 Å². The van der Waals surface area contributed by atoms with Gasteiger partial charge in [0.05, 0.1) is 11.5 Å². The van der Waals surface area contributed by atoms with Crippen LogP contribution in [0.3, 0.4) is 0 Å². The van der Waals surface area contributed by atoms with Gasteiger partial charge in [-0.2, -0.15) is 13.2 Å². The van der Waals surface area contributed by atoms with Crippen molar-refractivity contribution in [3.05, 3.63) is 34.8 Å². The van der Waals surface area contributed by atoms with E-state index in [-0.39, 0.29) is 30.5 Å². The minimum Gasteiger partial charge on any atom is -0.312 e. The molecule has 1 saturated carbocycles. The van der Waals surface area contributed by atoms with Crippen LogP contribution in [0.1, 0.15) is 35.8 Å². The first-order chi connectivity index (χ1) is 12.8. The second-order valence-electron chi connectivity index (χ2n) is 6.66. The number of hydrogen-bond acceptors (Lipinski definition) is 5. The van der Waals surface area contributed by atoms with Gasteiger partial charge >= 0.3 is 6.18 Å². The number of anilines is 2. The van der Waals surface area contributed by atoms with E-state index in [2.05, 4.69) is 15.5 Å². The molecule has 1 aromatic heterocycles. The van der Waals surface area contributed by atoms with Gasteiger partial charge in [0, 0.05) is 24.6 Å². The summed E-state index contributed by atoms with van der Waals surface area (Å²) >= 11 is 1.32. The van der Waals surface area contributed by atoms with Crippen molar-refractivity contribution in [1.29, 1.82) is 0 Å². The molecule has 2 amide bonds. The third-order valence-corrected chi connectivity index (χ3v) is 5.58. The fraction of sp³-hybridized carbons (Fsp3) is 0.412. The van der Waals surface area contributed by atoms with Crippen molar-refractivity contribution in [1.82, 2.24) is 10.2 Å². The number of alkyl halides is 3. The van der Waals surface area contributed by atoms with Gasteiger partial charge in [-0.25, -0.2) is 0 Å². The molecule has 4 rings (SSSR count). The smallest absolute Gasteiger partial charge is 0.312 e. The van der Waals surface area contributed by atoms with Crippen molar-refractivity contribution in [3.8, 4) is 0 Å². The summed E-state index contributed by atoms with van der Waals surface area (Å²) < 4.78 is 38.6. The van der Waals surface area contributed by atoms with E-state index in [1.54, 1.807) is 0 Å². The first kappa shape index (κ1) is 17.9. The summed E-state index contributed by atoms with van der Waals surface area (Å²) in [6.07, 6.45) is -2.40. The van der Waals surface area contributed by atoms with Crippen molar-refractivity contribution < 1.29 is 22.8 Å². The van der Waals surface area contributed by atoms with Crippen molar-refractivity contribution in [3.63, 3.8) is 0 Å². The molecule has 0 spiro atoms. The van der Waals surface area contributed by atoms with Gasteiger partial charge in [0.25, 0.3) is 0 Å². The molecule has 0 bridgehead atoms. The lowest BCUT2D eigenvalue weighted by Gasteiger charge is -2.18. The molecule has 27 heavy (non-hydrogen) atoms. The number of carbonyl (C=O) groups excluding carboxylic acids is 2. The Labute approximate surface area is 156 Å². The first-order valence-electron chi connectivity index (χ1n) is 8.43. The lowest BCUT2D eigenvalue weighted by molar-refractivity contribution is -0.137. The fourth-order valence-corrected chi connectivity index (χ4v) is 3.89. The van der Waals surface area contributed by atoms with Crippen LogP contribution in [0, 0.1) is 5.92 Å². The lowest BCUT2D eigenvalue weighted by Crippen LogP contribution is -2.28. The molecule has 6 nitrogen and oxygen atoms in total. The van der Waals surface area contributed by atoms with Gasteiger partial charge in [-0.1, -0.05) is 17.4 Å². The molecule has 0 radical (unpaired) electrons. The highest BCUT2D eigenvalue weighted by Gasteiger charge is 2.37. The number of rotatable bonds is 4. The summed E-state index contributed by atoms with van der Waals surface area (Å²) in [5, 5.41) is 11.9. The number of hydrogen-bond donors (Lipinski definition) is 1. The standard InChI is InChI=1S/C17H15F3N4O2S/c18-17(19,20)11-2-1-3-12(7-11)24-8-10(6-13(24)25)14(26)21-16-23-22-15(27-16)9-4-5-9/h1-3,7,9-10H,4-6,8H2,(H,21,23,26)/t10-/m0/s1. The SMILES string of the molecule is O=C(Nc1nnc(C2CC2)s1)[C@H]1CC(=O)N(c2cccc(C(F)(F)F)c2)C1. The lowest BCUT2D eigenvalue weighted by atomic mass is 10.1. The molecule has 2 aliphatic rings. The van der Waals surface area contributed by atoms with Crippen LogP contribution in [0.5, 0.6) is 0 Å². The normalized spacial score (nSPS) is 20.2. The maximum atomic E-state index is 12.9. The van der Waals surface area contributed by atoms with Crippen LogP contribution < -0.4 is 10.2 Å². The predicted molar refractivity (Wildman–Crippen MR) is 92.4 cm³/mol. The zero-order valence-electron chi connectivity index (χ0n) is 14.0. The largest absolute Gasteiger partial charge is 0.416 e. The maximum absolute atomic E-state index is 12.9. The monoisotopic (exact) mass is 396 g/mol. The van der Waals surface area contributed by atoms with E-state index < -0.39 is 17.7 Å². The van der Waals surface area contributed by atoms with Gasteiger partial charge in [-0.15, -0.1) is 10.2 Å². The van der Waals surface area contributed by atoms with Crippen LogP contribution in [0.15, 0.2) is 24.3 Å². The summed E-state index contributed by atoms with van der Waals surface area (Å²) in [6.45, 7) is 0.0280. The van der Waals surface area contributed by atoms with Crippen LogP contribution in [-0.4, -0.2) is 28.6 Å². The first-order valence-corrected chi connectivity index (χ1v) is 9.25. The van der Waals surface area contributed by atoms with Crippen LogP contribution in [0.4, 0.5) is 24.0 Å². The van der Waals surface area contributed by atoms with E-state index in [1.165, 1.54) is 28.4 Å². The Morgan fingerprint density at radius 2 is 2.04 bits per heavy atom. The van der Waals surface area contributed by atoms with E-state index in [1.807, 2.05) is 0 Å². The molecular weight excluding hydrogens is 381 g/mol. The Morgan fingerprint density at radius 1 is 1.26 bits per heavy atom. The fourth-order valence-electron chi connectivity index (χ4n) is 2.97. The van der Waals surface area contributed by atoms with Gasteiger partial charge in [0.2, 0.25) is 16.9 Å². The molecule has 1 aromatic carbocycles. The van der Waals surface area contributed by atoms with Gasteiger partial charge in [-0.3, -0.25) is 9.59 Å². The minimum absolute atomic E-state index is 0.0280. The quantitative estimate of drug-likeness (QED) is 0.859. The van der Waals surface area contributed by atoms with Crippen LogP contribution in [0.2, 0.25) is 0 Å². The molecule has 142 valence electrons. The third kappa shape index (κ3) is 3.80. The molecule has 1 saturated heterocycles. The van der Waals surface area contributed by atoms with Crippen molar-refractivity contribution >= 4 is 34.0 Å². The summed E-state index contributed by atoms with van der Waals surface area (Å²) in [5.41, 5.74) is -0.695. The topological polar surface area (TPSA) is 75.2 Å². The Kier molecular flexibility index (Phi) is 4.37. The van der Waals surface area contributed by atoms with E-state index in [4.69, 9.17) is 0 Å². The number of nitrogens with zero attached hydrogens (tertiary/aromatic N) is 3. The van der Waals surface area contributed by atoms with E-state index in [0.29, 0.717) is 11.0 Å². The highest BCUT2D eigenvalue weighted by Crippen LogP contribution is 2.42. The number of carbonyl (C=O) groups is 2. The van der Waals surface area contributed by atoms with Gasteiger partial charge in [0.15, 0.2) is 0 Å². The molecule has 1 aliphatic heterocycles. The number of aromatic nitrogens is 2. The number of amides is 2. The summed E-state index contributed by atoms with van der Waals surface area (Å²) in [6, 6.07) is 4.55. The summed E-state index contributed by atoms with van der Waals surface area (Å²) in [7, 11) is 0. The Bertz CT molecular complexity index is 894. The number of halogens is 3. The average molecular weight is 396 g/mol. The molecule has 2 fully saturated rings. The van der Waals surface area contributed by atoms with Crippen LogP contribution in [0.25, 0.3) is 0 Å². The van der Waals surface area contributed by atoms with Crippen LogP contribution in [-0.2, 0) is 15.8 Å². The molecular formula is C17H15F3N4O2S. The molecule has 1 N–H and O–H groups in total. The van der Waals surface area contributed by atoms with Crippen molar-refractivity contribution in [2.24, 2.45) is 5.92 Å². The molecule has 1 aliphatic carbocycles. The molecule has 2 heterocycles. The number of benzene rings is 1. The predicted octanol–water partition coefficient (Wildman–Crippen LogP) is 3.43. The van der Waals surface area contributed by atoms with E-state index in [9.17, 15) is 22.8 Å². The second-order valence-corrected chi connectivity index (χ2v) is 7.67. The maximum Gasteiger partial charge on any atom is 0.416 e. The second kappa shape index (κ2) is 6.59. The zero-order valence-corrected chi connectivity index (χ0v) is 14.8. The molecule has 1 atom stereocenters.